The molecule has 0 unspecified atom stereocenters. The van der Waals surface area contributed by atoms with Crippen LogP contribution in [0.25, 0.3) is 0 Å². The molecule has 1 amide bonds. The number of carbonyl (C=O) groups is 2. The van der Waals surface area contributed by atoms with Crippen LogP contribution in [0.5, 0.6) is 0 Å². The minimum Gasteiger partial charge on any atom is -0.478 e. The van der Waals surface area contributed by atoms with Gasteiger partial charge in [0, 0.05) is 18.7 Å². The minimum atomic E-state index is -0.872. The summed E-state index contributed by atoms with van der Waals surface area (Å²) in [5, 5.41) is 12.6. The van der Waals surface area contributed by atoms with Gasteiger partial charge in [-0.25, -0.2) is 4.79 Å². The molecule has 156 valence electrons. The fourth-order valence-electron chi connectivity index (χ4n) is 4.80. The van der Waals surface area contributed by atoms with Gasteiger partial charge in [0.15, 0.2) is 0 Å². The highest BCUT2D eigenvalue weighted by atomic mass is 16.4. The first-order valence-corrected chi connectivity index (χ1v) is 10.6. The summed E-state index contributed by atoms with van der Waals surface area (Å²) < 4.78 is 0. The van der Waals surface area contributed by atoms with E-state index in [2.05, 4.69) is 23.7 Å². The van der Waals surface area contributed by atoms with Crippen molar-refractivity contribution >= 4 is 11.9 Å². The van der Waals surface area contributed by atoms with Gasteiger partial charge in [-0.05, 0) is 68.9 Å². The van der Waals surface area contributed by atoms with E-state index in [1.165, 1.54) is 5.57 Å². The highest BCUT2D eigenvalue weighted by Crippen LogP contribution is 2.40. The Bertz CT molecular complexity index is 832. The van der Waals surface area contributed by atoms with E-state index >= 15 is 0 Å². The van der Waals surface area contributed by atoms with Crippen LogP contribution in [0.3, 0.4) is 0 Å². The Hall–Kier alpha value is -2.56. The smallest absolute Gasteiger partial charge is 0.335 e. The second-order valence-corrected chi connectivity index (χ2v) is 8.34. The van der Waals surface area contributed by atoms with E-state index in [1.807, 2.05) is 19.1 Å². The van der Waals surface area contributed by atoms with E-state index in [-0.39, 0.29) is 11.3 Å². The van der Waals surface area contributed by atoms with Gasteiger partial charge in [-0.3, -0.25) is 4.79 Å². The minimum absolute atomic E-state index is 0.0178. The molecule has 5 heteroatoms. The largest absolute Gasteiger partial charge is 0.478 e. The van der Waals surface area contributed by atoms with Gasteiger partial charge in [-0.15, -0.1) is 0 Å². The zero-order valence-corrected chi connectivity index (χ0v) is 17.6. The highest BCUT2D eigenvalue weighted by Gasteiger charge is 2.37. The molecule has 1 saturated heterocycles. The number of likely N-dealkylation sites (tertiary alicyclic amines) is 1. The molecular formula is C24H32N2O3. The zero-order valence-electron chi connectivity index (χ0n) is 17.6. The summed E-state index contributed by atoms with van der Waals surface area (Å²) in [6.45, 7) is 9.78. The average molecular weight is 397 g/mol. The van der Waals surface area contributed by atoms with E-state index in [9.17, 15) is 14.7 Å². The molecular weight excluding hydrogens is 364 g/mol. The van der Waals surface area contributed by atoms with Crippen LogP contribution in [-0.2, 0) is 10.2 Å². The molecule has 2 N–H and O–H groups in total. The number of nitrogens with zero attached hydrogens (tertiary/aromatic N) is 1. The Morgan fingerprint density at radius 3 is 2.45 bits per heavy atom. The monoisotopic (exact) mass is 396 g/mol. The van der Waals surface area contributed by atoms with Crippen LogP contribution >= 0.6 is 0 Å². The van der Waals surface area contributed by atoms with Gasteiger partial charge in [0.2, 0.25) is 0 Å². The number of carboxylic acid groups (broad SMARTS) is 1. The number of rotatable bonds is 6. The lowest BCUT2D eigenvalue weighted by atomic mass is 9.69. The summed E-state index contributed by atoms with van der Waals surface area (Å²) in [5.41, 5.74) is 3.27. The van der Waals surface area contributed by atoms with Crippen molar-refractivity contribution in [3.63, 3.8) is 0 Å². The Morgan fingerprint density at radius 1 is 1.17 bits per heavy atom. The maximum Gasteiger partial charge on any atom is 0.335 e. The summed E-state index contributed by atoms with van der Waals surface area (Å²) in [6.07, 6.45) is 6.63. The van der Waals surface area contributed by atoms with Crippen molar-refractivity contribution in [1.29, 1.82) is 0 Å². The predicted octanol–water partition coefficient (Wildman–Crippen LogP) is 4.61. The number of hydrogen-bond acceptors (Lipinski definition) is 3. The molecule has 0 spiro atoms. The number of benzene rings is 1. The summed E-state index contributed by atoms with van der Waals surface area (Å²) in [6, 6.07) is 7.36. The van der Waals surface area contributed by atoms with E-state index in [1.54, 1.807) is 12.1 Å². The lowest BCUT2D eigenvalue weighted by Gasteiger charge is -2.43. The first-order chi connectivity index (χ1) is 13.9. The Kier molecular flexibility index (Phi) is 6.46. The summed E-state index contributed by atoms with van der Waals surface area (Å²) in [5.74, 6) is -0.239. The van der Waals surface area contributed by atoms with Crippen LogP contribution in [0.15, 0.2) is 47.8 Å². The maximum atomic E-state index is 12.7. The van der Waals surface area contributed by atoms with Crippen LogP contribution in [0.4, 0.5) is 0 Å². The van der Waals surface area contributed by atoms with Crippen molar-refractivity contribution in [2.24, 2.45) is 0 Å². The quantitative estimate of drug-likeness (QED) is 0.737. The third-order valence-corrected chi connectivity index (χ3v) is 6.78. The number of nitrogens with one attached hydrogen (secondary N) is 1. The molecule has 29 heavy (non-hydrogen) atoms. The Balaban J connectivity index is 1.68. The molecule has 2 aliphatic rings. The van der Waals surface area contributed by atoms with E-state index in [0.29, 0.717) is 11.4 Å². The number of hydrogen-bond donors (Lipinski definition) is 2. The molecule has 5 nitrogen and oxygen atoms in total. The molecule has 0 saturated carbocycles. The van der Waals surface area contributed by atoms with Crippen molar-refractivity contribution in [2.75, 3.05) is 13.1 Å². The summed E-state index contributed by atoms with van der Waals surface area (Å²) in [7, 11) is 0. The van der Waals surface area contributed by atoms with E-state index in [4.69, 9.17) is 0 Å². The third-order valence-electron chi connectivity index (χ3n) is 6.78. The molecule has 3 rings (SSSR count). The number of piperidine rings is 1. The van der Waals surface area contributed by atoms with Gasteiger partial charge in [0.25, 0.3) is 5.91 Å². The molecule has 0 aromatic heterocycles. The number of carbonyl (C=O) groups excluding carboxylic acids is 1. The van der Waals surface area contributed by atoms with Gasteiger partial charge in [0.1, 0.15) is 5.82 Å². The van der Waals surface area contributed by atoms with Crippen LogP contribution < -0.4 is 5.32 Å². The lowest BCUT2D eigenvalue weighted by molar-refractivity contribution is -0.117. The molecule has 1 fully saturated rings. The molecule has 1 aliphatic carbocycles. The van der Waals surface area contributed by atoms with Gasteiger partial charge in [-0.2, -0.15) is 0 Å². The Labute approximate surface area is 173 Å². The normalized spacial score (nSPS) is 19.0. The third kappa shape index (κ3) is 4.39. The number of amides is 1. The summed E-state index contributed by atoms with van der Waals surface area (Å²) >= 11 is 0. The van der Waals surface area contributed by atoms with Crippen LogP contribution in [-0.4, -0.2) is 35.0 Å². The zero-order chi connectivity index (χ0) is 21.0. The molecule has 1 aromatic rings. The van der Waals surface area contributed by atoms with Crippen molar-refractivity contribution < 1.29 is 14.7 Å². The number of carboxylic acids is 1. The molecule has 0 radical (unpaired) electrons. The van der Waals surface area contributed by atoms with Gasteiger partial charge in [0.05, 0.1) is 5.56 Å². The highest BCUT2D eigenvalue weighted by molar-refractivity contribution is 5.95. The fourth-order valence-corrected chi connectivity index (χ4v) is 4.80. The SMILES string of the molecule is C=C(NC(=O)C1=C(C)CCCC1)N1CCC(CC)(c2ccccc2C(=O)O)CC1. The van der Waals surface area contributed by atoms with Crippen molar-refractivity contribution in [1.82, 2.24) is 10.2 Å². The molecule has 0 atom stereocenters. The van der Waals surface area contributed by atoms with Crippen LogP contribution in [0.2, 0.25) is 0 Å². The van der Waals surface area contributed by atoms with Crippen molar-refractivity contribution in [2.45, 2.75) is 64.2 Å². The van der Waals surface area contributed by atoms with Crippen LogP contribution in [0.1, 0.15) is 74.7 Å². The molecule has 1 aromatic carbocycles. The van der Waals surface area contributed by atoms with E-state index < -0.39 is 5.97 Å². The second-order valence-electron chi connectivity index (χ2n) is 8.34. The number of aromatic carboxylic acids is 1. The van der Waals surface area contributed by atoms with Crippen molar-refractivity contribution in [3.8, 4) is 0 Å². The fraction of sp³-hybridized carbons (Fsp3) is 0.500. The van der Waals surface area contributed by atoms with Crippen molar-refractivity contribution in [3.05, 3.63) is 58.9 Å². The van der Waals surface area contributed by atoms with Gasteiger partial charge < -0.3 is 15.3 Å². The maximum absolute atomic E-state index is 12.7. The van der Waals surface area contributed by atoms with Crippen LogP contribution in [0, 0.1) is 0 Å². The molecule has 0 bridgehead atoms. The first-order valence-electron chi connectivity index (χ1n) is 10.6. The standard InChI is InChI=1S/C24H32N2O3/c1-4-24(21-12-8-7-11-20(21)23(28)29)13-15-26(16-14-24)18(3)25-22(27)19-10-6-5-9-17(19)2/h7-8,11-12H,3-6,9-10,13-16H2,1-2H3,(H,25,27)(H,28,29). The summed E-state index contributed by atoms with van der Waals surface area (Å²) in [4.78, 5) is 26.5. The lowest BCUT2D eigenvalue weighted by Crippen LogP contribution is -2.45. The first kappa shape index (κ1) is 21.2. The predicted molar refractivity (Wildman–Crippen MR) is 115 cm³/mol. The average Bonchev–Trinajstić information content (AvgIpc) is 2.74. The van der Waals surface area contributed by atoms with Gasteiger partial charge >= 0.3 is 5.97 Å². The molecule has 1 aliphatic heterocycles. The Morgan fingerprint density at radius 2 is 1.83 bits per heavy atom. The topological polar surface area (TPSA) is 69.6 Å². The molecule has 1 heterocycles. The number of allylic oxidation sites excluding steroid dienone is 1. The van der Waals surface area contributed by atoms with E-state index in [0.717, 1.165) is 69.2 Å². The van der Waals surface area contributed by atoms with Gasteiger partial charge in [-0.1, -0.05) is 37.3 Å². The second kappa shape index (κ2) is 8.85.